The molecule has 0 aliphatic heterocycles. The Kier molecular flexibility index (Phi) is 3.43. The van der Waals surface area contributed by atoms with E-state index in [0.717, 1.165) is 6.07 Å². The van der Waals surface area contributed by atoms with Crippen molar-refractivity contribution < 1.29 is 17.9 Å². The van der Waals surface area contributed by atoms with E-state index < -0.39 is 20.6 Å². The lowest BCUT2D eigenvalue weighted by molar-refractivity contribution is -0.384. The summed E-state index contributed by atoms with van der Waals surface area (Å²) >= 11 is 6.15. The van der Waals surface area contributed by atoms with Gasteiger partial charge in [0.05, 0.1) is 4.92 Å². The van der Waals surface area contributed by atoms with Gasteiger partial charge < -0.3 is 4.52 Å². The van der Waals surface area contributed by atoms with Gasteiger partial charge in [-0.2, -0.15) is 4.98 Å². The van der Waals surface area contributed by atoms with Crippen LogP contribution in [0.5, 0.6) is 0 Å². The van der Waals surface area contributed by atoms with Gasteiger partial charge in [-0.15, -0.1) is 11.3 Å². The van der Waals surface area contributed by atoms with Crippen molar-refractivity contribution in [3.05, 3.63) is 26.3 Å². The molecule has 19 heavy (non-hydrogen) atoms. The van der Waals surface area contributed by atoms with Gasteiger partial charge >= 0.3 is 6.01 Å². The molecule has 0 aromatic carbocycles. The number of hydrogen-bond acceptors (Lipinski definition) is 8. The zero-order valence-electron chi connectivity index (χ0n) is 9.15. The van der Waals surface area contributed by atoms with Crippen LogP contribution in [0, 0.1) is 17.0 Å². The van der Waals surface area contributed by atoms with Gasteiger partial charge in [-0.25, -0.2) is 13.1 Å². The van der Waals surface area contributed by atoms with Crippen molar-refractivity contribution in [2.75, 3.05) is 4.72 Å². The number of rotatable bonds is 4. The van der Waals surface area contributed by atoms with Gasteiger partial charge in [0, 0.05) is 6.07 Å². The molecular formula is C7H5ClN4O5S2. The summed E-state index contributed by atoms with van der Waals surface area (Å²) in [4.78, 5) is 13.5. The highest BCUT2D eigenvalue weighted by molar-refractivity contribution is 7.94. The number of nitrogens with zero attached hydrogens (tertiary/aromatic N) is 3. The molecule has 0 amide bonds. The molecule has 2 rings (SSSR count). The van der Waals surface area contributed by atoms with Gasteiger partial charge in [0.15, 0.2) is 10.2 Å². The number of nitro groups is 1. The minimum absolute atomic E-state index is 0.230. The number of nitrogens with one attached hydrogen (secondary N) is 1. The summed E-state index contributed by atoms with van der Waals surface area (Å²) in [5.74, 6) is 0.243. The first-order valence-corrected chi connectivity index (χ1v) is 7.24. The molecule has 0 saturated carbocycles. The molecule has 2 aromatic rings. The SMILES string of the molecule is Cc1noc(NS(=O)(=O)c2cc([N+](=O)[O-])c(Cl)s2)n1. The van der Waals surface area contributed by atoms with Crippen molar-refractivity contribution in [3.63, 3.8) is 0 Å². The number of aromatic nitrogens is 2. The molecular weight excluding hydrogens is 320 g/mol. The monoisotopic (exact) mass is 324 g/mol. The van der Waals surface area contributed by atoms with Crippen LogP contribution in [0.3, 0.4) is 0 Å². The largest absolute Gasteiger partial charge is 0.335 e. The lowest BCUT2D eigenvalue weighted by atomic mass is 10.6. The topological polar surface area (TPSA) is 128 Å². The average molecular weight is 325 g/mol. The van der Waals surface area contributed by atoms with Crippen LogP contribution in [0.2, 0.25) is 4.34 Å². The molecule has 12 heteroatoms. The van der Waals surface area contributed by atoms with Crippen LogP contribution in [0.15, 0.2) is 14.8 Å². The number of thiophene rings is 1. The van der Waals surface area contributed by atoms with Crippen LogP contribution in [0.1, 0.15) is 5.82 Å². The summed E-state index contributed by atoms with van der Waals surface area (Å²) in [6.45, 7) is 1.51. The van der Waals surface area contributed by atoms with Gasteiger partial charge in [-0.05, 0) is 6.92 Å². The summed E-state index contributed by atoms with van der Waals surface area (Å²) in [5, 5.41) is 14.0. The lowest BCUT2D eigenvalue weighted by Crippen LogP contribution is -2.11. The molecule has 2 heterocycles. The Labute approximate surface area is 115 Å². The van der Waals surface area contributed by atoms with E-state index in [1.807, 2.05) is 4.72 Å². The Morgan fingerprint density at radius 2 is 2.26 bits per heavy atom. The van der Waals surface area contributed by atoms with Crippen LogP contribution < -0.4 is 4.72 Å². The molecule has 0 atom stereocenters. The third kappa shape index (κ3) is 2.83. The summed E-state index contributed by atoms with van der Waals surface area (Å²) in [7, 11) is -4.05. The van der Waals surface area contributed by atoms with Crippen LogP contribution in [0.25, 0.3) is 0 Å². The summed E-state index contributed by atoms with van der Waals surface area (Å²) < 4.78 is 29.8. The number of halogens is 1. The molecule has 1 N–H and O–H groups in total. The molecule has 0 radical (unpaired) electrons. The zero-order chi connectivity index (χ0) is 14.2. The van der Waals surface area contributed by atoms with Gasteiger partial charge in [0.2, 0.25) is 0 Å². The third-order valence-electron chi connectivity index (χ3n) is 1.86. The van der Waals surface area contributed by atoms with E-state index in [1.54, 1.807) is 0 Å². The van der Waals surface area contributed by atoms with E-state index in [-0.39, 0.29) is 20.4 Å². The first-order valence-electron chi connectivity index (χ1n) is 4.56. The molecule has 0 saturated heterocycles. The first kappa shape index (κ1) is 13.7. The Bertz CT molecular complexity index is 737. The van der Waals surface area contributed by atoms with Crippen molar-refractivity contribution >= 4 is 44.7 Å². The molecule has 0 unspecified atom stereocenters. The van der Waals surface area contributed by atoms with Gasteiger partial charge in [0.25, 0.3) is 15.7 Å². The molecule has 9 nitrogen and oxygen atoms in total. The Hall–Kier alpha value is -1.72. The fourth-order valence-electron chi connectivity index (χ4n) is 1.10. The molecule has 0 bridgehead atoms. The predicted molar refractivity (Wildman–Crippen MR) is 65.8 cm³/mol. The molecule has 102 valence electrons. The summed E-state index contributed by atoms with van der Waals surface area (Å²) in [6, 6.07) is 0.531. The van der Waals surface area contributed by atoms with E-state index in [1.165, 1.54) is 6.92 Å². The molecule has 2 aromatic heterocycles. The van der Waals surface area contributed by atoms with Crippen molar-refractivity contribution in [1.82, 2.24) is 10.1 Å². The van der Waals surface area contributed by atoms with Crippen LogP contribution in [-0.4, -0.2) is 23.5 Å². The van der Waals surface area contributed by atoms with E-state index >= 15 is 0 Å². The Balaban J connectivity index is 2.34. The van der Waals surface area contributed by atoms with Gasteiger partial charge in [-0.1, -0.05) is 16.8 Å². The highest BCUT2D eigenvalue weighted by atomic mass is 35.5. The van der Waals surface area contributed by atoms with Crippen molar-refractivity contribution in [2.24, 2.45) is 0 Å². The minimum atomic E-state index is -4.05. The van der Waals surface area contributed by atoms with Crippen LogP contribution >= 0.6 is 22.9 Å². The molecule has 0 spiro atoms. The van der Waals surface area contributed by atoms with E-state index in [0.29, 0.717) is 11.3 Å². The van der Waals surface area contributed by atoms with Gasteiger partial charge in [-0.3, -0.25) is 10.1 Å². The standard InChI is InChI=1S/C7H5ClN4O5S2/c1-3-9-7(17-10-3)11-19(15,16)5-2-4(12(13)14)6(8)18-5/h2H,1H3,(H,9,10,11). The van der Waals surface area contributed by atoms with Crippen LogP contribution in [0.4, 0.5) is 11.7 Å². The maximum absolute atomic E-state index is 11.9. The van der Waals surface area contributed by atoms with Crippen molar-refractivity contribution in [3.8, 4) is 0 Å². The fourth-order valence-corrected chi connectivity index (χ4v) is 3.69. The number of anilines is 1. The zero-order valence-corrected chi connectivity index (χ0v) is 11.5. The number of aryl methyl sites for hydroxylation is 1. The predicted octanol–water partition coefficient (Wildman–Crippen LogP) is 1.80. The second kappa shape index (κ2) is 4.75. The average Bonchev–Trinajstić information content (AvgIpc) is 2.84. The van der Waals surface area contributed by atoms with Crippen LogP contribution in [-0.2, 0) is 10.0 Å². The first-order chi connectivity index (χ1) is 8.79. The highest BCUT2D eigenvalue weighted by Gasteiger charge is 2.26. The third-order valence-corrected chi connectivity index (χ3v) is 4.99. The smallest absolute Gasteiger partial charge is 0.314 e. The van der Waals surface area contributed by atoms with E-state index in [9.17, 15) is 18.5 Å². The van der Waals surface area contributed by atoms with Gasteiger partial charge in [0.1, 0.15) is 4.21 Å². The minimum Gasteiger partial charge on any atom is -0.314 e. The van der Waals surface area contributed by atoms with E-state index in [4.69, 9.17) is 11.6 Å². The maximum atomic E-state index is 11.9. The van der Waals surface area contributed by atoms with Crippen molar-refractivity contribution in [2.45, 2.75) is 11.1 Å². The van der Waals surface area contributed by atoms with E-state index in [2.05, 4.69) is 14.7 Å². The highest BCUT2D eigenvalue weighted by Crippen LogP contribution is 2.36. The molecule has 0 aliphatic rings. The number of sulfonamides is 1. The van der Waals surface area contributed by atoms with Crippen molar-refractivity contribution in [1.29, 1.82) is 0 Å². The Morgan fingerprint density at radius 1 is 1.58 bits per heavy atom. The fraction of sp³-hybridized carbons (Fsp3) is 0.143. The Morgan fingerprint density at radius 3 is 2.74 bits per heavy atom. The summed E-state index contributed by atoms with van der Waals surface area (Å²) in [6.07, 6.45) is 0. The normalized spacial score (nSPS) is 11.5. The molecule has 0 aliphatic carbocycles. The maximum Gasteiger partial charge on any atom is 0.335 e. The summed E-state index contributed by atoms with van der Waals surface area (Å²) in [5.41, 5.74) is -0.478. The number of hydrogen-bond donors (Lipinski definition) is 1. The lowest BCUT2D eigenvalue weighted by Gasteiger charge is -1.98. The second-order valence-electron chi connectivity index (χ2n) is 3.23. The quantitative estimate of drug-likeness (QED) is 0.670. The molecule has 0 fully saturated rings. The second-order valence-corrected chi connectivity index (χ2v) is 6.80.